The molecule has 0 aliphatic carbocycles. The van der Waals surface area contributed by atoms with Gasteiger partial charge in [-0.2, -0.15) is 5.26 Å². The van der Waals surface area contributed by atoms with Crippen molar-refractivity contribution in [3.05, 3.63) is 50.7 Å². The molecule has 1 heterocycles. The van der Waals surface area contributed by atoms with Gasteiger partial charge >= 0.3 is 5.97 Å². The number of halogens is 2. The van der Waals surface area contributed by atoms with Crippen LogP contribution >= 0.6 is 11.6 Å². The average Bonchev–Trinajstić information content (AvgIpc) is 2.69. The molecule has 0 spiro atoms. The maximum atomic E-state index is 14.0. The number of rotatable bonds is 7. The van der Waals surface area contributed by atoms with E-state index in [2.05, 4.69) is 4.98 Å². The predicted octanol–water partition coefficient (Wildman–Crippen LogP) is 4.18. The molecule has 0 aliphatic heterocycles. The smallest absolute Gasteiger partial charge is 0.314 e. The van der Waals surface area contributed by atoms with Crippen LogP contribution in [0.25, 0.3) is 11.1 Å². The molecule has 1 unspecified atom stereocenters. The van der Waals surface area contributed by atoms with Crippen molar-refractivity contribution in [3.8, 4) is 22.9 Å². The Morgan fingerprint density at radius 3 is 2.55 bits per heavy atom. The van der Waals surface area contributed by atoms with Gasteiger partial charge in [-0.15, -0.1) is 0 Å². The Hall–Kier alpha value is -2.89. The molecule has 0 radical (unpaired) electrons. The SMILES string of the molecule is COCCC(C(=O)OC(C)(C)C)c1c(-c2cc(Cl)c(F)cc2C#N)c(OC)c[nH]c1=O. The minimum Gasteiger partial charge on any atom is -0.495 e. The lowest BCUT2D eigenvalue weighted by Gasteiger charge is -2.25. The van der Waals surface area contributed by atoms with Gasteiger partial charge in [-0.05, 0) is 39.3 Å². The first kappa shape index (κ1) is 24.4. The zero-order valence-corrected chi connectivity index (χ0v) is 18.7. The van der Waals surface area contributed by atoms with Gasteiger partial charge in [-0.25, -0.2) is 4.39 Å². The Morgan fingerprint density at radius 2 is 2.00 bits per heavy atom. The topological polar surface area (TPSA) is 101 Å². The number of esters is 1. The standard InChI is InChI=1S/C22H24ClFN2O5/c1-22(2,3)31-21(28)13(6-7-29-4)19-18(17(30-5)11-26-20(19)27)14-9-15(23)16(24)8-12(14)10-25/h8-9,11,13H,6-7H2,1-5H3,(H,26,27). The number of aromatic nitrogens is 1. The molecular formula is C22H24ClFN2O5. The van der Waals surface area contributed by atoms with Gasteiger partial charge in [0.1, 0.15) is 17.2 Å². The van der Waals surface area contributed by atoms with Crippen molar-refractivity contribution in [3.63, 3.8) is 0 Å². The second kappa shape index (κ2) is 9.94. The largest absolute Gasteiger partial charge is 0.495 e. The fourth-order valence-corrected chi connectivity index (χ4v) is 3.30. The average molecular weight is 451 g/mol. The summed E-state index contributed by atoms with van der Waals surface area (Å²) < 4.78 is 30.0. The van der Waals surface area contributed by atoms with Crippen LogP contribution in [0.5, 0.6) is 5.75 Å². The Morgan fingerprint density at radius 1 is 1.32 bits per heavy atom. The molecular weight excluding hydrogens is 427 g/mol. The van der Waals surface area contributed by atoms with E-state index in [0.717, 1.165) is 6.07 Å². The van der Waals surface area contributed by atoms with Crippen LogP contribution in [0, 0.1) is 17.1 Å². The number of nitrogens with one attached hydrogen (secondary N) is 1. The minimum atomic E-state index is -1.04. The fraction of sp³-hybridized carbons (Fsp3) is 0.409. The molecule has 9 heteroatoms. The Bertz CT molecular complexity index is 1070. The number of hydrogen-bond acceptors (Lipinski definition) is 6. The van der Waals surface area contributed by atoms with E-state index in [0.29, 0.717) is 0 Å². The Kier molecular flexibility index (Phi) is 7.82. The third-order valence-corrected chi connectivity index (χ3v) is 4.70. The lowest BCUT2D eigenvalue weighted by atomic mass is 9.87. The fourth-order valence-electron chi connectivity index (χ4n) is 3.13. The number of carbonyl (C=O) groups is 1. The van der Waals surface area contributed by atoms with E-state index in [1.807, 2.05) is 6.07 Å². The van der Waals surface area contributed by atoms with Gasteiger partial charge in [-0.3, -0.25) is 9.59 Å². The van der Waals surface area contributed by atoms with Gasteiger partial charge in [0.2, 0.25) is 0 Å². The predicted molar refractivity (Wildman–Crippen MR) is 114 cm³/mol. The molecule has 31 heavy (non-hydrogen) atoms. The van der Waals surface area contributed by atoms with Crippen molar-refractivity contribution in [2.75, 3.05) is 20.8 Å². The monoisotopic (exact) mass is 450 g/mol. The van der Waals surface area contributed by atoms with Crippen LogP contribution in [0.2, 0.25) is 5.02 Å². The summed E-state index contributed by atoms with van der Waals surface area (Å²) in [6.07, 6.45) is 1.44. The summed E-state index contributed by atoms with van der Waals surface area (Å²) in [6, 6.07) is 4.11. The molecule has 1 aromatic carbocycles. The highest BCUT2D eigenvalue weighted by Crippen LogP contribution is 2.40. The summed E-state index contributed by atoms with van der Waals surface area (Å²) in [5.41, 5.74) is -1.10. The number of nitriles is 1. The first-order valence-corrected chi connectivity index (χ1v) is 9.82. The maximum absolute atomic E-state index is 14.0. The normalized spacial score (nSPS) is 12.2. The van der Waals surface area contributed by atoms with E-state index >= 15 is 0 Å². The number of H-pyrrole nitrogens is 1. The summed E-state index contributed by atoms with van der Waals surface area (Å²) in [5.74, 6) is -2.28. The number of benzene rings is 1. The molecule has 1 aromatic heterocycles. The minimum absolute atomic E-state index is 0.0184. The van der Waals surface area contributed by atoms with Crippen molar-refractivity contribution >= 4 is 17.6 Å². The quantitative estimate of drug-likeness (QED) is 0.635. The molecule has 2 rings (SSSR count). The van der Waals surface area contributed by atoms with Crippen LogP contribution in [-0.2, 0) is 14.3 Å². The number of ether oxygens (including phenoxy) is 3. The van der Waals surface area contributed by atoms with E-state index < -0.39 is 28.9 Å². The lowest BCUT2D eigenvalue weighted by Crippen LogP contribution is -2.31. The van der Waals surface area contributed by atoms with Crippen molar-refractivity contribution in [2.45, 2.75) is 38.7 Å². The summed E-state index contributed by atoms with van der Waals surface area (Å²) in [6.45, 7) is 5.29. The molecule has 0 bridgehead atoms. The number of nitrogens with zero attached hydrogens (tertiary/aromatic N) is 1. The molecule has 2 aromatic rings. The highest BCUT2D eigenvalue weighted by Gasteiger charge is 2.33. The van der Waals surface area contributed by atoms with E-state index in [1.165, 1.54) is 26.5 Å². The summed E-state index contributed by atoms with van der Waals surface area (Å²) in [4.78, 5) is 28.6. The van der Waals surface area contributed by atoms with Crippen LogP contribution in [0.4, 0.5) is 4.39 Å². The second-order valence-corrected chi connectivity index (χ2v) is 8.17. The van der Waals surface area contributed by atoms with E-state index in [9.17, 15) is 19.2 Å². The number of hydrogen-bond donors (Lipinski definition) is 1. The molecule has 166 valence electrons. The molecule has 1 N–H and O–H groups in total. The van der Waals surface area contributed by atoms with E-state index in [4.69, 9.17) is 25.8 Å². The van der Waals surface area contributed by atoms with E-state index in [1.54, 1.807) is 20.8 Å². The molecule has 7 nitrogen and oxygen atoms in total. The van der Waals surface area contributed by atoms with Gasteiger partial charge in [-0.1, -0.05) is 11.6 Å². The third kappa shape index (κ3) is 5.63. The first-order chi connectivity index (χ1) is 14.5. The number of methoxy groups -OCH3 is 2. The van der Waals surface area contributed by atoms with Crippen LogP contribution in [-0.4, -0.2) is 37.4 Å². The highest BCUT2D eigenvalue weighted by molar-refractivity contribution is 6.31. The van der Waals surface area contributed by atoms with Gasteiger partial charge in [0, 0.05) is 36.6 Å². The Labute approximate surface area is 184 Å². The zero-order valence-electron chi connectivity index (χ0n) is 18.0. The van der Waals surface area contributed by atoms with Gasteiger partial charge in [0.15, 0.2) is 0 Å². The van der Waals surface area contributed by atoms with Crippen molar-refractivity contribution < 1.29 is 23.4 Å². The molecule has 0 amide bonds. The van der Waals surface area contributed by atoms with Crippen molar-refractivity contribution in [1.29, 1.82) is 5.26 Å². The van der Waals surface area contributed by atoms with Gasteiger partial charge in [0.05, 0.1) is 29.7 Å². The maximum Gasteiger partial charge on any atom is 0.314 e. The van der Waals surface area contributed by atoms with Crippen LogP contribution < -0.4 is 10.3 Å². The molecule has 0 aliphatic rings. The number of pyridine rings is 1. The summed E-state index contributed by atoms with van der Waals surface area (Å²) >= 11 is 5.97. The van der Waals surface area contributed by atoms with Gasteiger partial charge < -0.3 is 19.2 Å². The Balaban J connectivity index is 2.87. The van der Waals surface area contributed by atoms with Gasteiger partial charge in [0.25, 0.3) is 5.56 Å². The molecule has 0 saturated carbocycles. The van der Waals surface area contributed by atoms with Crippen LogP contribution in [0.3, 0.4) is 0 Å². The molecule has 0 saturated heterocycles. The first-order valence-electron chi connectivity index (χ1n) is 9.45. The van der Waals surface area contributed by atoms with Crippen LogP contribution in [0.1, 0.15) is 44.2 Å². The lowest BCUT2D eigenvalue weighted by molar-refractivity contribution is -0.157. The number of aromatic amines is 1. The number of carbonyl (C=O) groups excluding carboxylic acids is 1. The third-order valence-electron chi connectivity index (χ3n) is 4.42. The highest BCUT2D eigenvalue weighted by atomic mass is 35.5. The molecule has 0 fully saturated rings. The summed E-state index contributed by atoms with van der Waals surface area (Å²) in [5, 5.41) is 9.32. The van der Waals surface area contributed by atoms with Crippen LogP contribution in [0.15, 0.2) is 23.1 Å². The zero-order chi connectivity index (χ0) is 23.3. The van der Waals surface area contributed by atoms with Crippen molar-refractivity contribution in [2.24, 2.45) is 0 Å². The second-order valence-electron chi connectivity index (χ2n) is 7.77. The van der Waals surface area contributed by atoms with Crippen molar-refractivity contribution in [1.82, 2.24) is 4.98 Å². The summed E-state index contributed by atoms with van der Waals surface area (Å²) in [7, 11) is 2.84. The van der Waals surface area contributed by atoms with E-state index in [-0.39, 0.29) is 46.1 Å². The molecule has 1 atom stereocenters.